The maximum absolute atomic E-state index is 14.0. The number of hydrogen-bond acceptors (Lipinski definition) is 2. The fraction of sp³-hybridized carbons (Fsp3) is 0.438. The first-order valence-electron chi connectivity index (χ1n) is 7.15. The van der Waals surface area contributed by atoms with Crippen molar-refractivity contribution in [3.63, 3.8) is 0 Å². The highest BCUT2D eigenvalue weighted by atomic mass is 35.5. The van der Waals surface area contributed by atoms with E-state index < -0.39 is 0 Å². The van der Waals surface area contributed by atoms with Crippen LogP contribution in [0, 0.1) is 19.7 Å². The summed E-state index contributed by atoms with van der Waals surface area (Å²) in [5, 5.41) is 8.09. The van der Waals surface area contributed by atoms with Crippen molar-refractivity contribution in [2.45, 2.75) is 40.3 Å². The third kappa shape index (κ3) is 3.27. The zero-order valence-electron chi connectivity index (χ0n) is 12.9. The number of rotatable bonds is 5. The Morgan fingerprint density at radius 1 is 1.38 bits per heavy atom. The summed E-state index contributed by atoms with van der Waals surface area (Å²) < 4.78 is 15.9. The van der Waals surface area contributed by atoms with Gasteiger partial charge in [0.1, 0.15) is 5.82 Å². The summed E-state index contributed by atoms with van der Waals surface area (Å²) in [4.78, 5) is 0. The molecule has 1 unspecified atom stereocenters. The fourth-order valence-corrected chi connectivity index (χ4v) is 2.93. The minimum absolute atomic E-state index is 0.148. The smallest absolute Gasteiger partial charge is 0.146 e. The van der Waals surface area contributed by atoms with Crippen LogP contribution in [0.15, 0.2) is 18.2 Å². The maximum atomic E-state index is 14.0. The molecule has 0 aliphatic rings. The molecule has 0 amide bonds. The number of hydrogen-bond donors (Lipinski definition) is 1. The lowest BCUT2D eigenvalue weighted by Crippen LogP contribution is -2.19. The molecule has 1 heterocycles. The van der Waals surface area contributed by atoms with Crippen molar-refractivity contribution in [1.82, 2.24) is 15.1 Å². The summed E-state index contributed by atoms with van der Waals surface area (Å²) in [7, 11) is 0. The summed E-state index contributed by atoms with van der Waals surface area (Å²) in [5.74, 6) is -0.368. The van der Waals surface area contributed by atoms with Crippen molar-refractivity contribution in [2.24, 2.45) is 0 Å². The molecule has 0 radical (unpaired) electrons. The monoisotopic (exact) mass is 309 g/mol. The molecule has 1 N–H and O–H groups in total. The van der Waals surface area contributed by atoms with E-state index in [2.05, 4.69) is 24.3 Å². The summed E-state index contributed by atoms with van der Waals surface area (Å²) in [5.41, 5.74) is 3.76. The van der Waals surface area contributed by atoms with Crippen molar-refractivity contribution in [1.29, 1.82) is 0 Å². The number of halogens is 2. The molecule has 21 heavy (non-hydrogen) atoms. The van der Waals surface area contributed by atoms with Gasteiger partial charge in [0.05, 0.1) is 17.3 Å². The number of nitrogens with one attached hydrogen (secondary N) is 1. The molecule has 2 rings (SSSR count). The molecular weight excluding hydrogens is 289 g/mol. The largest absolute Gasteiger partial charge is 0.310 e. The van der Waals surface area contributed by atoms with Crippen LogP contribution < -0.4 is 5.32 Å². The zero-order valence-corrected chi connectivity index (χ0v) is 13.6. The van der Waals surface area contributed by atoms with Gasteiger partial charge in [0, 0.05) is 22.9 Å². The second-order valence-electron chi connectivity index (χ2n) is 5.23. The lowest BCUT2D eigenvalue weighted by atomic mass is 10.1. The van der Waals surface area contributed by atoms with Crippen LogP contribution in [0.25, 0.3) is 0 Å². The van der Waals surface area contributed by atoms with Crippen LogP contribution in [0.5, 0.6) is 0 Å². The van der Waals surface area contributed by atoms with Crippen LogP contribution in [-0.2, 0) is 6.54 Å². The van der Waals surface area contributed by atoms with E-state index >= 15 is 0 Å². The molecule has 5 heteroatoms. The Morgan fingerprint density at radius 2 is 2.10 bits per heavy atom. The van der Waals surface area contributed by atoms with Crippen LogP contribution >= 0.6 is 11.6 Å². The van der Waals surface area contributed by atoms with E-state index in [0.29, 0.717) is 12.1 Å². The molecule has 0 saturated carbocycles. The predicted octanol–water partition coefficient (Wildman–Crippen LogP) is 4.01. The molecule has 0 spiro atoms. The normalized spacial score (nSPS) is 12.7. The molecule has 0 aliphatic heterocycles. The Labute approximate surface area is 130 Å². The SMILES string of the molecule is CCNC(C)c1c(C)nn(Cc2cccc(Cl)c2F)c1C. The van der Waals surface area contributed by atoms with Gasteiger partial charge in [0.15, 0.2) is 0 Å². The molecule has 0 fully saturated rings. The lowest BCUT2D eigenvalue weighted by molar-refractivity contribution is 0.573. The first kappa shape index (κ1) is 16.0. The van der Waals surface area contributed by atoms with Crippen LogP contribution in [0.2, 0.25) is 5.02 Å². The van der Waals surface area contributed by atoms with Crippen molar-refractivity contribution in [2.75, 3.05) is 6.54 Å². The van der Waals surface area contributed by atoms with E-state index in [1.807, 2.05) is 18.5 Å². The van der Waals surface area contributed by atoms with E-state index in [-0.39, 0.29) is 16.9 Å². The van der Waals surface area contributed by atoms with Crippen LogP contribution in [0.3, 0.4) is 0 Å². The average molecular weight is 310 g/mol. The van der Waals surface area contributed by atoms with Gasteiger partial charge in [0.2, 0.25) is 0 Å². The third-order valence-corrected chi connectivity index (χ3v) is 4.02. The van der Waals surface area contributed by atoms with Crippen LogP contribution in [0.1, 0.15) is 42.4 Å². The van der Waals surface area contributed by atoms with Crippen LogP contribution in [-0.4, -0.2) is 16.3 Å². The second kappa shape index (κ2) is 6.58. The van der Waals surface area contributed by atoms with Crippen LogP contribution in [0.4, 0.5) is 4.39 Å². The molecule has 0 aliphatic carbocycles. The molecule has 2 aromatic rings. The molecule has 0 saturated heterocycles. The highest BCUT2D eigenvalue weighted by Crippen LogP contribution is 2.24. The van der Waals surface area contributed by atoms with Crippen molar-refractivity contribution in [3.8, 4) is 0 Å². The van der Waals surface area contributed by atoms with Crippen molar-refractivity contribution in [3.05, 3.63) is 51.6 Å². The van der Waals surface area contributed by atoms with E-state index in [4.69, 9.17) is 11.6 Å². The minimum Gasteiger partial charge on any atom is -0.310 e. The van der Waals surface area contributed by atoms with Gasteiger partial charge in [-0.2, -0.15) is 5.10 Å². The Morgan fingerprint density at radius 3 is 2.76 bits per heavy atom. The summed E-state index contributed by atoms with van der Waals surface area (Å²) in [6.07, 6.45) is 0. The third-order valence-electron chi connectivity index (χ3n) is 3.73. The summed E-state index contributed by atoms with van der Waals surface area (Å²) in [6, 6.07) is 5.29. The number of aromatic nitrogens is 2. The van der Waals surface area contributed by atoms with E-state index in [1.54, 1.807) is 18.2 Å². The molecule has 1 atom stereocenters. The Hall–Kier alpha value is -1.39. The van der Waals surface area contributed by atoms with Gasteiger partial charge in [-0.3, -0.25) is 4.68 Å². The molecule has 0 bridgehead atoms. The zero-order chi connectivity index (χ0) is 15.6. The van der Waals surface area contributed by atoms with Gasteiger partial charge in [0.25, 0.3) is 0 Å². The maximum Gasteiger partial charge on any atom is 0.146 e. The van der Waals surface area contributed by atoms with E-state index in [1.165, 1.54) is 5.56 Å². The van der Waals surface area contributed by atoms with Crippen molar-refractivity contribution < 1.29 is 4.39 Å². The Balaban J connectivity index is 2.34. The molecule has 1 aromatic carbocycles. The molecule has 1 aromatic heterocycles. The number of benzene rings is 1. The van der Waals surface area contributed by atoms with Gasteiger partial charge in [-0.15, -0.1) is 0 Å². The number of nitrogens with zero attached hydrogens (tertiary/aromatic N) is 2. The predicted molar refractivity (Wildman–Crippen MR) is 84.3 cm³/mol. The van der Waals surface area contributed by atoms with E-state index in [9.17, 15) is 4.39 Å². The Kier molecular flexibility index (Phi) is 5.01. The second-order valence-corrected chi connectivity index (χ2v) is 5.64. The summed E-state index contributed by atoms with van der Waals surface area (Å²) in [6.45, 7) is 9.48. The molecule has 114 valence electrons. The minimum atomic E-state index is -0.368. The first-order valence-corrected chi connectivity index (χ1v) is 7.53. The quantitative estimate of drug-likeness (QED) is 0.904. The van der Waals surface area contributed by atoms with Gasteiger partial charge >= 0.3 is 0 Å². The fourth-order valence-electron chi connectivity index (χ4n) is 2.73. The van der Waals surface area contributed by atoms with Gasteiger partial charge in [-0.25, -0.2) is 4.39 Å². The summed E-state index contributed by atoms with van der Waals surface area (Å²) >= 11 is 5.83. The average Bonchev–Trinajstić information content (AvgIpc) is 2.70. The van der Waals surface area contributed by atoms with Gasteiger partial charge in [-0.05, 0) is 33.4 Å². The van der Waals surface area contributed by atoms with Crippen molar-refractivity contribution >= 4 is 11.6 Å². The number of aryl methyl sites for hydroxylation is 1. The standard InChI is InChI=1S/C16H21ClFN3/c1-5-19-10(2)15-11(3)20-21(12(15)4)9-13-7-6-8-14(17)16(13)18/h6-8,10,19H,5,9H2,1-4H3. The lowest BCUT2D eigenvalue weighted by Gasteiger charge is -2.13. The molecule has 3 nitrogen and oxygen atoms in total. The highest BCUT2D eigenvalue weighted by Gasteiger charge is 2.18. The first-order chi connectivity index (χ1) is 9.95. The Bertz CT molecular complexity index is 637. The highest BCUT2D eigenvalue weighted by molar-refractivity contribution is 6.30. The van der Waals surface area contributed by atoms with Gasteiger partial charge < -0.3 is 5.32 Å². The molecular formula is C16H21ClFN3. The topological polar surface area (TPSA) is 29.9 Å². The van der Waals surface area contributed by atoms with Gasteiger partial charge in [-0.1, -0.05) is 30.7 Å². The van der Waals surface area contributed by atoms with E-state index in [0.717, 1.165) is 17.9 Å².